The number of carbonyl (C=O) groups is 2. The van der Waals surface area contributed by atoms with Crippen LogP contribution in [0, 0.1) is 6.92 Å². The van der Waals surface area contributed by atoms with Gasteiger partial charge < -0.3 is 15.0 Å². The van der Waals surface area contributed by atoms with Gasteiger partial charge in [0.05, 0.1) is 17.6 Å². The fourth-order valence-electron chi connectivity index (χ4n) is 3.44. The number of aromatic nitrogens is 4. The second kappa shape index (κ2) is 5.44. The van der Waals surface area contributed by atoms with Crippen LogP contribution in [-0.2, 0) is 20.0 Å². The van der Waals surface area contributed by atoms with Crippen LogP contribution in [0.3, 0.4) is 0 Å². The topological polar surface area (TPSA) is 104 Å². The molecule has 0 atom stereocenters. The molecule has 0 aliphatic carbocycles. The number of H-pyrrole nitrogens is 1. The molecule has 3 heterocycles. The lowest BCUT2D eigenvalue weighted by Crippen LogP contribution is -2.36. The van der Waals surface area contributed by atoms with E-state index in [4.69, 9.17) is 0 Å². The quantitative estimate of drug-likeness (QED) is 0.736. The van der Waals surface area contributed by atoms with Gasteiger partial charge in [-0.05, 0) is 19.1 Å². The number of aromatic carboxylic acids is 1. The number of nitrogens with zero attached hydrogens (tertiary/aromatic N) is 4. The molecule has 0 saturated heterocycles. The molecule has 0 saturated carbocycles. The Hall–Kier alpha value is -3.16. The standard InChI is InChI=1S/C17H17N5O3/c1-9-18-12-5-3-4-10(14(12)19-9)16(23)22-7-6-13-11(8-22)15(17(24)25)20-21(13)2/h3-5H,6-8H2,1-2H3,(H,18,19)(H,24,25). The highest BCUT2D eigenvalue weighted by molar-refractivity contribution is 6.05. The first-order valence-corrected chi connectivity index (χ1v) is 7.98. The van der Waals surface area contributed by atoms with Crippen molar-refractivity contribution in [1.82, 2.24) is 24.6 Å². The number of fused-ring (bicyclic) bond motifs is 2. The van der Waals surface area contributed by atoms with Gasteiger partial charge in [-0.1, -0.05) is 6.07 Å². The lowest BCUT2D eigenvalue weighted by Gasteiger charge is -2.27. The third kappa shape index (κ3) is 2.37. The number of hydrogen-bond donors (Lipinski definition) is 2. The first-order valence-electron chi connectivity index (χ1n) is 7.98. The molecular formula is C17H17N5O3. The first-order chi connectivity index (χ1) is 12.0. The van der Waals surface area contributed by atoms with E-state index in [0.717, 1.165) is 17.0 Å². The molecule has 4 rings (SSSR count). The molecule has 2 aromatic heterocycles. The zero-order chi connectivity index (χ0) is 17.7. The highest BCUT2D eigenvalue weighted by atomic mass is 16.4. The number of hydrogen-bond acceptors (Lipinski definition) is 4. The second-order valence-corrected chi connectivity index (χ2v) is 6.20. The average Bonchev–Trinajstić information content (AvgIpc) is 3.13. The Morgan fingerprint density at radius 3 is 2.88 bits per heavy atom. The summed E-state index contributed by atoms with van der Waals surface area (Å²) in [6, 6.07) is 5.45. The van der Waals surface area contributed by atoms with Crippen LogP contribution in [0.4, 0.5) is 0 Å². The molecule has 0 radical (unpaired) electrons. The van der Waals surface area contributed by atoms with E-state index in [9.17, 15) is 14.7 Å². The van der Waals surface area contributed by atoms with Crippen LogP contribution in [0.15, 0.2) is 18.2 Å². The SMILES string of the molecule is Cc1nc2c(C(=O)N3CCc4c(c(C(=O)O)nn4C)C3)cccc2[nH]1. The lowest BCUT2D eigenvalue weighted by atomic mass is 10.0. The molecule has 1 aliphatic heterocycles. The van der Waals surface area contributed by atoms with Gasteiger partial charge in [0, 0.05) is 31.3 Å². The van der Waals surface area contributed by atoms with Gasteiger partial charge in [0.25, 0.3) is 5.91 Å². The van der Waals surface area contributed by atoms with E-state index in [2.05, 4.69) is 15.1 Å². The molecule has 0 fully saturated rings. The minimum atomic E-state index is -1.07. The summed E-state index contributed by atoms with van der Waals surface area (Å²) in [4.78, 5) is 33.6. The third-order valence-electron chi connectivity index (χ3n) is 4.59. The zero-order valence-electron chi connectivity index (χ0n) is 13.9. The Bertz CT molecular complexity index is 1020. The van der Waals surface area contributed by atoms with Crippen molar-refractivity contribution in [3.63, 3.8) is 0 Å². The van der Waals surface area contributed by atoms with Crippen molar-refractivity contribution in [3.8, 4) is 0 Å². The van der Waals surface area contributed by atoms with Crippen molar-refractivity contribution in [2.45, 2.75) is 19.9 Å². The number of nitrogens with one attached hydrogen (secondary N) is 1. The number of carboxylic acids is 1. The predicted octanol–water partition coefficient (Wildman–Crippen LogP) is 1.50. The monoisotopic (exact) mass is 339 g/mol. The van der Waals surface area contributed by atoms with Gasteiger partial charge in [0.15, 0.2) is 5.69 Å². The molecule has 1 aliphatic rings. The number of benzene rings is 1. The molecule has 8 nitrogen and oxygen atoms in total. The van der Waals surface area contributed by atoms with E-state index in [0.29, 0.717) is 29.6 Å². The normalized spacial score (nSPS) is 13.9. The van der Waals surface area contributed by atoms with E-state index >= 15 is 0 Å². The summed E-state index contributed by atoms with van der Waals surface area (Å²) < 4.78 is 1.60. The molecule has 1 aromatic carbocycles. The van der Waals surface area contributed by atoms with Crippen LogP contribution in [0.1, 0.15) is 37.9 Å². The van der Waals surface area contributed by atoms with E-state index in [1.807, 2.05) is 19.1 Å². The fraction of sp³-hybridized carbons (Fsp3) is 0.294. The second-order valence-electron chi connectivity index (χ2n) is 6.20. The Labute approximate surface area is 143 Å². The minimum absolute atomic E-state index is 0.0174. The van der Waals surface area contributed by atoms with E-state index in [1.165, 1.54) is 0 Å². The van der Waals surface area contributed by atoms with Gasteiger partial charge in [0.1, 0.15) is 11.3 Å². The predicted molar refractivity (Wildman–Crippen MR) is 89.4 cm³/mol. The van der Waals surface area contributed by atoms with Crippen LogP contribution in [0.5, 0.6) is 0 Å². The average molecular weight is 339 g/mol. The Balaban J connectivity index is 1.71. The highest BCUT2D eigenvalue weighted by Gasteiger charge is 2.30. The van der Waals surface area contributed by atoms with Gasteiger partial charge >= 0.3 is 5.97 Å². The van der Waals surface area contributed by atoms with Crippen LogP contribution in [0.25, 0.3) is 11.0 Å². The molecule has 0 unspecified atom stereocenters. The number of imidazole rings is 1. The van der Waals surface area contributed by atoms with E-state index in [1.54, 1.807) is 22.7 Å². The largest absolute Gasteiger partial charge is 0.476 e. The number of para-hydroxylation sites is 1. The van der Waals surface area contributed by atoms with Gasteiger partial charge in [-0.2, -0.15) is 5.10 Å². The number of amides is 1. The molecule has 0 bridgehead atoms. The maximum absolute atomic E-state index is 13.0. The van der Waals surface area contributed by atoms with Crippen molar-refractivity contribution in [3.05, 3.63) is 46.5 Å². The summed E-state index contributed by atoms with van der Waals surface area (Å²) in [7, 11) is 1.73. The number of carboxylic acid groups (broad SMARTS) is 1. The van der Waals surface area contributed by atoms with Crippen molar-refractivity contribution >= 4 is 22.9 Å². The minimum Gasteiger partial charge on any atom is -0.476 e. The summed E-state index contributed by atoms with van der Waals surface area (Å²) in [5, 5.41) is 13.4. The van der Waals surface area contributed by atoms with Gasteiger partial charge in [-0.25, -0.2) is 9.78 Å². The zero-order valence-corrected chi connectivity index (χ0v) is 13.9. The summed E-state index contributed by atoms with van der Waals surface area (Å²) in [5.41, 5.74) is 3.47. The van der Waals surface area contributed by atoms with Crippen molar-refractivity contribution in [1.29, 1.82) is 0 Å². The molecule has 25 heavy (non-hydrogen) atoms. The smallest absolute Gasteiger partial charge is 0.356 e. The van der Waals surface area contributed by atoms with Crippen molar-refractivity contribution < 1.29 is 14.7 Å². The molecule has 0 spiro atoms. The molecule has 3 aromatic rings. The highest BCUT2D eigenvalue weighted by Crippen LogP contribution is 2.25. The molecule has 128 valence electrons. The number of rotatable bonds is 2. The summed E-state index contributed by atoms with van der Waals surface area (Å²) in [5.74, 6) is -0.476. The van der Waals surface area contributed by atoms with Crippen LogP contribution in [-0.4, -0.2) is 48.2 Å². The maximum atomic E-state index is 13.0. The molecular weight excluding hydrogens is 322 g/mol. The van der Waals surface area contributed by atoms with E-state index < -0.39 is 5.97 Å². The van der Waals surface area contributed by atoms with Crippen molar-refractivity contribution in [2.24, 2.45) is 7.05 Å². The number of aromatic amines is 1. The Morgan fingerprint density at radius 2 is 2.12 bits per heavy atom. The fourth-order valence-corrected chi connectivity index (χ4v) is 3.44. The molecule has 2 N–H and O–H groups in total. The van der Waals surface area contributed by atoms with Gasteiger partial charge in [-0.15, -0.1) is 0 Å². The van der Waals surface area contributed by atoms with Crippen LogP contribution >= 0.6 is 0 Å². The third-order valence-corrected chi connectivity index (χ3v) is 4.59. The summed E-state index contributed by atoms with van der Waals surface area (Å²) >= 11 is 0. The van der Waals surface area contributed by atoms with Crippen LogP contribution < -0.4 is 0 Å². The van der Waals surface area contributed by atoms with Gasteiger partial charge in [-0.3, -0.25) is 9.48 Å². The number of aryl methyl sites for hydroxylation is 2. The summed E-state index contributed by atoms with van der Waals surface area (Å²) in [6.07, 6.45) is 0.577. The van der Waals surface area contributed by atoms with Crippen molar-refractivity contribution in [2.75, 3.05) is 6.54 Å². The lowest BCUT2D eigenvalue weighted by molar-refractivity contribution is 0.0674. The Kier molecular flexibility index (Phi) is 3.34. The molecule has 1 amide bonds. The van der Waals surface area contributed by atoms with Crippen LogP contribution in [0.2, 0.25) is 0 Å². The first kappa shape index (κ1) is 15.4. The van der Waals surface area contributed by atoms with E-state index in [-0.39, 0.29) is 18.1 Å². The number of carbonyl (C=O) groups excluding carboxylic acids is 1. The molecule has 8 heteroatoms. The van der Waals surface area contributed by atoms with Gasteiger partial charge in [0.2, 0.25) is 0 Å². The summed E-state index contributed by atoms with van der Waals surface area (Å²) in [6.45, 7) is 2.60. The maximum Gasteiger partial charge on any atom is 0.356 e. The Morgan fingerprint density at radius 1 is 1.32 bits per heavy atom.